The normalized spacial score (nSPS) is 13.5. The van der Waals surface area contributed by atoms with E-state index >= 15 is 0 Å². The number of allylic oxidation sites excluding steroid dienone is 18. The standard InChI is InChI=1S/C70H119NO8/c1-6-8-10-12-14-16-18-20-22-24-26-28-30-31-32-33-34-35-36-37-39-41-43-45-47-49-51-53-55-57-59-61-68(73)79-66(65-78-70(69(74)75)76-63-62-71(3,4)5)64-77-67(72)60-58-56-54-52-50-48-46-44-42-40-38-29-27-25-23-21-19-17-15-13-11-9-7-2/h8,10,14,16,20,22,26,28,31-32,34-35,37,39,43,45,49,51,66,70H,6-7,9,11-13,15,17-19,21,23-25,27,29-30,33,36,38,40-42,44,46-48,50,52-65H2,1-5H3/b10-8-,16-14-,22-20-,28-26-,32-31-,35-34-,39-37-,45-43-,51-49-. The van der Waals surface area contributed by atoms with Gasteiger partial charge >= 0.3 is 11.9 Å². The highest BCUT2D eigenvalue weighted by molar-refractivity contribution is 5.70. The number of nitrogens with zero attached hydrogens (tertiary/aromatic N) is 1. The van der Waals surface area contributed by atoms with Crippen LogP contribution in [-0.4, -0.2) is 82.3 Å². The topological polar surface area (TPSA) is 111 Å². The van der Waals surface area contributed by atoms with Crippen LogP contribution in [0.3, 0.4) is 0 Å². The second-order valence-corrected chi connectivity index (χ2v) is 22.3. The number of likely N-dealkylation sites (N-methyl/N-ethyl adjacent to an activating group) is 1. The molecule has 0 aliphatic heterocycles. The Balaban J connectivity index is 4.29. The predicted molar refractivity (Wildman–Crippen MR) is 333 cm³/mol. The monoisotopic (exact) mass is 1100 g/mol. The van der Waals surface area contributed by atoms with Gasteiger partial charge < -0.3 is 33.3 Å². The van der Waals surface area contributed by atoms with Crippen LogP contribution in [0.15, 0.2) is 109 Å². The molecule has 0 aromatic carbocycles. The fourth-order valence-corrected chi connectivity index (χ4v) is 8.65. The predicted octanol–water partition coefficient (Wildman–Crippen LogP) is 18.1. The Morgan fingerprint density at radius 1 is 0.392 bits per heavy atom. The summed E-state index contributed by atoms with van der Waals surface area (Å²) in [7, 11) is 5.91. The van der Waals surface area contributed by atoms with E-state index in [9.17, 15) is 19.5 Å². The van der Waals surface area contributed by atoms with Gasteiger partial charge in [-0.05, 0) is 83.5 Å². The Labute approximate surface area is 485 Å². The Kier molecular flexibility index (Phi) is 57.0. The van der Waals surface area contributed by atoms with E-state index in [0.29, 0.717) is 17.4 Å². The zero-order valence-corrected chi connectivity index (χ0v) is 51.5. The molecule has 0 rings (SSSR count). The van der Waals surface area contributed by atoms with E-state index in [1.807, 2.05) is 21.1 Å². The first-order valence-electron chi connectivity index (χ1n) is 32.0. The van der Waals surface area contributed by atoms with E-state index in [1.165, 1.54) is 128 Å². The molecule has 9 nitrogen and oxygen atoms in total. The minimum atomic E-state index is -1.64. The van der Waals surface area contributed by atoms with Crippen molar-refractivity contribution < 1.29 is 42.9 Å². The second-order valence-electron chi connectivity index (χ2n) is 22.3. The molecule has 0 heterocycles. The highest BCUT2D eigenvalue weighted by Gasteiger charge is 2.22. The average molecular weight is 1100 g/mol. The summed E-state index contributed by atoms with van der Waals surface area (Å²) in [4.78, 5) is 37.4. The molecule has 9 heteroatoms. The van der Waals surface area contributed by atoms with Gasteiger partial charge in [0.25, 0.3) is 0 Å². The van der Waals surface area contributed by atoms with Gasteiger partial charge in [0, 0.05) is 12.8 Å². The number of unbranched alkanes of at least 4 members (excludes halogenated alkanes) is 25. The number of rotatable bonds is 58. The number of ether oxygens (including phenoxy) is 4. The summed E-state index contributed by atoms with van der Waals surface area (Å²) in [6.07, 6.45) is 80.1. The van der Waals surface area contributed by atoms with Gasteiger partial charge in [-0.25, -0.2) is 0 Å². The first-order chi connectivity index (χ1) is 38.6. The highest BCUT2D eigenvalue weighted by atomic mass is 16.7. The van der Waals surface area contributed by atoms with Crippen LogP contribution >= 0.6 is 0 Å². The zero-order chi connectivity index (χ0) is 57.6. The Hall–Kier alpha value is -4.05. The van der Waals surface area contributed by atoms with Crippen LogP contribution in [0.4, 0.5) is 0 Å². The van der Waals surface area contributed by atoms with E-state index in [2.05, 4.69) is 123 Å². The van der Waals surface area contributed by atoms with Crippen molar-refractivity contribution >= 4 is 17.9 Å². The van der Waals surface area contributed by atoms with Crippen LogP contribution in [0.2, 0.25) is 0 Å². The number of quaternary nitrogens is 1. The van der Waals surface area contributed by atoms with Gasteiger partial charge in [0.05, 0.1) is 40.3 Å². The van der Waals surface area contributed by atoms with Crippen molar-refractivity contribution in [1.29, 1.82) is 0 Å². The highest BCUT2D eigenvalue weighted by Crippen LogP contribution is 2.17. The molecular weight excluding hydrogens is 983 g/mol. The Morgan fingerprint density at radius 3 is 1.08 bits per heavy atom. The fourth-order valence-electron chi connectivity index (χ4n) is 8.65. The lowest BCUT2D eigenvalue weighted by molar-refractivity contribution is -0.870. The summed E-state index contributed by atoms with van der Waals surface area (Å²) < 4.78 is 22.7. The van der Waals surface area contributed by atoms with Gasteiger partial charge in [-0.3, -0.25) is 9.59 Å². The number of aliphatic carboxylic acids is 1. The van der Waals surface area contributed by atoms with Crippen LogP contribution in [0.25, 0.3) is 0 Å². The van der Waals surface area contributed by atoms with Crippen LogP contribution in [0.5, 0.6) is 0 Å². The first kappa shape index (κ1) is 75.0. The molecule has 0 aliphatic carbocycles. The first-order valence-corrected chi connectivity index (χ1v) is 32.0. The fraction of sp³-hybridized carbons (Fsp3) is 0.700. The molecule has 0 spiro atoms. The van der Waals surface area contributed by atoms with Crippen molar-refractivity contribution in [2.75, 3.05) is 47.5 Å². The molecule has 2 atom stereocenters. The van der Waals surface area contributed by atoms with Crippen molar-refractivity contribution in [1.82, 2.24) is 0 Å². The second kappa shape index (κ2) is 60.1. The number of hydrogen-bond acceptors (Lipinski definition) is 8. The van der Waals surface area contributed by atoms with E-state index < -0.39 is 24.3 Å². The molecule has 0 saturated heterocycles. The maximum Gasteiger partial charge on any atom is 0.306 e. The van der Waals surface area contributed by atoms with Gasteiger partial charge in [0.15, 0.2) is 12.4 Å². The maximum absolute atomic E-state index is 12.9. The van der Waals surface area contributed by atoms with Crippen molar-refractivity contribution in [3.8, 4) is 0 Å². The third-order valence-electron chi connectivity index (χ3n) is 13.5. The molecule has 0 aliphatic rings. The van der Waals surface area contributed by atoms with Crippen molar-refractivity contribution in [3.63, 3.8) is 0 Å². The lowest BCUT2D eigenvalue weighted by atomic mass is 10.0. The maximum atomic E-state index is 12.9. The lowest BCUT2D eigenvalue weighted by Crippen LogP contribution is -2.44. The minimum absolute atomic E-state index is 0.136. The summed E-state index contributed by atoms with van der Waals surface area (Å²) >= 11 is 0. The molecule has 2 unspecified atom stereocenters. The lowest BCUT2D eigenvalue weighted by Gasteiger charge is -2.26. The van der Waals surface area contributed by atoms with Crippen LogP contribution < -0.4 is 5.11 Å². The van der Waals surface area contributed by atoms with E-state index in [-0.39, 0.29) is 38.6 Å². The number of carbonyl (C=O) groups excluding carboxylic acids is 3. The van der Waals surface area contributed by atoms with Gasteiger partial charge in [0.2, 0.25) is 0 Å². The third-order valence-corrected chi connectivity index (χ3v) is 13.5. The van der Waals surface area contributed by atoms with E-state index in [4.69, 9.17) is 18.9 Å². The number of hydrogen-bond donors (Lipinski definition) is 0. The summed E-state index contributed by atoms with van der Waals surface area (Å²) in [5.74, 6) is -2.33. The number of carboxylic acid groups (broad SMARTS) is 1. The minimum Gasteiger partial charge on any atom is -0.545 e. The largest absolute Gasteiger partial charge is 0.545 e. The Morgan fingerprint density at radius 2 is 0.722 bits per heavy atom. The molecule has 0 fully saturated rings. The molecule has 452 valence electrons. The SMILES string of the molecule is CC/C=C\C/C=C\C/C=C\C/C=C\C/C=C\C/C=C\C/C=C\C/C=C\C/C=C\CCCCCC(=O)OC(COC(=O)CCCCCCCCCCCCCCCCCCCCCCCCC)COC(OCC[N+](C)(C)C)C(=O)[O-]. The van der Waals surface area contributed by atoms with Crippen LogP contribution in [0.1, 0.15) is 258 Å². The molecule has 0 N–H and O–H groups in total. The molecule has 0 aromatic heterocycles. The van der Waals surface area contributed by atoms with Gasteiger partial charge in [-0.2, -0.15) is 0 Å². The van der Waals surface area contributed by atoms with Crippen LogP contribution in [-0.2, 0) is 33.3 Å². The molecular formula is C70H119NO8. The van der Waals surface area contributed by atoms with Gasteiger partial charge in [0.1, 0.15) is 13.2 Å². The number of carbonyl (C=O) groups is 3. The summed E-state index contributed by atoms with van der Waals surface area (Å²) in [6, 6.07) is 0. The third kappa shape index (κ3) is 61.4. The molecule has 0 amide bonds. The zero-order valence-electron chi connectivity index (χ0n) is 51.5. The van der Waals surface area contributed by atoms with Crippen LogP contribution in [0, 0.1) is 0 Å². The summed E-state index contributed by atoms with van der Waals surface area (Å²) in [5, 5.41) is 11.8. The average Bonchev–Trinajstić information content (AvgIpc) is 3.42. The smallest absolute Gasteiger partial charge is 0.306 e. The number of carboxylic acids is 1. The van der Waals surface area contributed by atoms with Gasteiger partial charge in [-0.15, -0.1) is 0 Å². The molecule has 0 radical (unpaired) electrons. The number of esters is 2. The van der Waals surface area contributed by atoms with Crippen molar-refractivity contribution in [3.05, 3.63) is 109 Å². The van der Waals surface area contributed by atoms with Crippen molar-refractivity contribution in [2.45, 2.75) is 270 Å². The Bertz CT molecular complexity index is 1660. The van der Waals surface area contributed by atoms with Crippen molar-refractivity contribution in [2.24, 2.45) is 0 Å². The van der Waals surface area contributed by atoms with E-state index in [1.54, 1.807) is 0 Å². The molecule has 0 bridgehead atoms. The quantitative estimate of drug-likeness (QED) is 0.0195. The molecule has 79 heavy (non-hydrogen) atoms. The summed E-state index contributed by atoms with van der Waals surface area (Å²) in [5.41, 5.74) is 0. The van der Waals surface area contributed by atoms with Gasteiger partial charge in [-0.1, -0.05) is 271 Å². The summed E-state index contributed by atoms with van der Waals surface area (Å²) in [6.45, 7) is 4.61. The molecule has 0 aromatic rings. The molecule has 0 saturated carbocycles. The van der Waals surface area contributed by atoms with E-state index in [0.717, 1.165) is 96.3 Å².